The van der Waals surface area contributed by atoms with E-state index in [4.69, 9.17) is 0 Å². The summed E-state index contributed by atoms with van der Waals surface area (Å²) < 4.78 is 0. The lowest BCUT2D eigenvalue weighted by Gasteiger charge is -2.34. The van der Waals surface area contributed by atoms with Crippen LogP contribution in [0.3, 0.4) is 0 Å². The van der Waals surface area contributed by atoms with Crippen molar-refractivity contribution in [2.75, 3.05) is 18.4 Å². The standard InChI is InChI=1S/C19H32N2/c1-5-21(6-2)14-17-8-7-9-18(13-17)20-19-11-10-15(3)12-16(19)4/h7-9,13,15-16,19-20H,5-6,10-12,14H2,1-4H3. The highest BCUT2D eigenvalue weighted by molar-refractivity contribution is 5.46. The van der Waals surface area contributed by atoms with Gasteiger partial charge in [-0.2, -0.15) is 0 Å². The van der Waals surface area contributed by atoms with E-state index >= 15 is 0 Å². The first-order valence-electron chi connectivity index (χ1n) is 8.70. The number of rotatable bonds is 6. The van der Waals surface area contributed by atoms with Crippen molar-refractivity contribution in [2.45, 2.75) is 59.5 Å². The highest BCUT2D eigenvalue weighted by Gasteiger charge is 2.25. The fraction of sp³-hybridized carbons (Fsp3) is 0.684. The second-order valence-corrected chi connectivity index (χ2v) is 6.81. The van der Waals surface area contributed by atoms with Crippen LogP contribution in [0.4, 0.5) is 5.69 Å². The summed E-state index contributed by atoms with van der Waals surface area (Å²) in [5, 5.41) is 3.78. The van der Waals surface area contributed by atoms with Crippen LogP contribution in [-0.2, 0) is 6.54 Å². The summed E-state index contributed by atoms with van der Waals surface area (Å²) in [5.41, 5.74) is 2.71. The Bertz CT molecular complexity index is 425. The van der Waals surface area contributed by atoms with E-state index in [2.05, 4.69) is 62.2 Å². The minimum absolute atomic E-state index is 0.643. The summed E-state index contributed by atoms with van der Waals surface area (Å²) in [7, 11) is 0. The summed E-state index contributed by atoms with van der Waals surface area (Å²) >= 11 is 0. The predicted molar refractivity (Wildman–Crippen MR) is 92.7 cm³/mol. The average molecular weight is 288 g/mol. The lowest BCUT2D eigenvalue weighted by atomic mass is 9.80. The molecule has 0 bridgehead atoms. The van der Waals surface area contributed by atoms with Gasteiger partial charge in [0.15, 0.2) is 0 Å². The van der Waals surface area contributed by atoms with Gasteiger partial charge in [-0.1, -0.05) is 39.8 Å². The minimum atomic E-state index is 0.643. The molecule has 2 rings (SSSR count). The zero-order chi connectivity index (χ0) is 15.2. The van der Waals surface area contributed by atoms with Crippen LogP contribution in [0, 0.1) is 11.8 Å². The molecule has 1 aliphatic rings. The fourth-order valence-electron chi connectivity index (χ4n) is 3.56. The van der Waals surface area contributed by atoms with Crippen molar-refractivity contribution in [1.82, 2.24) is 4.90 Å². The quantitative estimate of drug-likeness (QED) is 0.811. The SMILES string of the molecule is CCN(CC)Cc1cccc(NC2CCC(C)CC2C)c1. The van der Waals surface area contributed by atoms with Crippen LogP contribution in [0.2, 0.25) is 0 Å². The minimum Gasteiger partial charge on any atom is -0.382 e. The zero-order valence-electron chi connectivity index (χ0n) is 14.2. The first kappa shape index (κ1) is 16.4. The maximum Gasteiger partial charge on any atom is 0.0345 e. The topological polar surface area (TPSA) is 15.3 Å². The lowest BCUT2D eigenvalue weighted by Crippen LogP contribution is -2.33. The molecule has 1 aromatic carbocycles. The first-order valence-corrected chi connectivity index (χ1v) is 8.70. The van der Waals surface area contributed by atoms with E-state index in [-0.39, 0.29) is 0 Å². The van der Waals surface area contributed by atoms with Crippen LogP contribution in [0.25, 0.3) is 0 Å². The maximum absolute atomic E-state index is 3.78. The Morgan fingerprint density at radius 3 is 2.57 bits per heavy atom. The van der Waals surface area contributed by atoms with E-state index in [0.29, 0.717) is 6.04 Å². The Kier molecular flexibility index (Phi) is 6.10. The van der Waals surface area contributed by atoms with E-state index in [1.807, 2.05) is 0 Å². The van der Waals surface area contributed by atoms with E-state index in [0.717, 1.165) is 31.5 Å². The molecule has 1 aliphatic carbocycles. The van der Waals surface area contributed by atoms with Crippen LogP contribution < -0.4 is 5.32 Å². The van der Waals surface area contributed by atoms with Crippen LogP contribution in [-0.4, -0.2) is 24.0 Å². The lowest BCUT2D eigenvalue weighted by molar-refractivity contribution is 0.276. The van der Waals surface area contributed by atoms with Crippen molar-refractivity contribution in [1.29, 1.82) is 0 Å². The first-order chi connectivity index (χ1) is 10.1. The van der Waals surface area contributed by atoms with Crippen molar-refractivity contribution in [2.24, 2.45) is 11.8 Å². The Morgan fingerprint density at radius 2 is 1.90 bits per heavy atom. The van der Waals surface area contributed by atoms with Gasteiger partial charge in [0, 0.05) is 18.3 Å². The molecule has 1 fully saturated rings. The molecule has 2 nitrogen and oxygen atoms in total. The number of hydrogen-bond acceptors (Lipinski definition) is 2. The van der Waals surface area contributed by atoms with Crippen molar-refractivity contribution in [3.8, 4) is 0 Å². The second kappa shape index (κ2) is 7.84. The molecule has 2 heteroatoms. The van der Waals surface area contributed by atoms with Gasteiger partial charge < -0.3 is 5.32 Å². The summed E-state index contributed by atoms with van der Waals surface area (Å²) in [6.45, 7) is 12.5. The van der Waals surface area contributed by atoms with Gasteiger partial charge in [0.2, 0.25) is 0 Å². The summed E-state index contributed by atoms with van der Waals surface area (Å²) in [4.78, 5) is 2.46. The molecular weight excluding hydrogens is 256 g/mol. The molecule has 1 saturated carbocycles. The fourth-order valence-corrected chi connectivity index (χ4v) is 3.56. The van der Waals surface area contributed by atoms with Gasteiger partial charge in [-0.15, -0.1) is 0 Å². The van der Waals surface area contributed by atoms with Crippen molar-refractivity contribution < 1.29 is 0 Å². The Labute approximate surface area is 130 Å². The van der Waals surface area contributed by atoms with E-state index in [1.54, 1.807) is 0 Å². The van der Waals surface area contributed by atoms with Crippen LogP contribution in [0.5, 0.6) is 0 Å². The molecule has 0 spiro atoms. The van der Waals surface area contributed by atoms with Crippen molar-refractivity contribution >= 4 is 5.69 Å². The van der Waals surface area contributed by atoms with Crippen molar-refractivity contribution in [3.63, 3.8) is 0 Å². The van der Waals surface area contributed by atoms with Gasteiger partial charge in [0.05, 0.1) is 0 Å². The van der Waals surface area contributed by atoms with Crippen molar-refractivity contribution in [3.05, 3.63) is 29.8 Å². The largest absolute Gasteiger partial charge is 0.382 e. The number of nitrogens with one attached hydrogen (secondary N) is 1. The average Bonchev–Trinajstić information content (AvgIpc) is 2.48. The summed E-state index contributed by atoms with van der Waals surface area (Å²) in [5.74, 6) is 1.67. The predicted octanol–water partition coefficient (Wildman–Crippen LogP) is 4.77. The van der Waals surface area contributed by atoms with E-state index in [1.165, 1.54) is 30.5 Å². The van der Waals surface area contributed by atoms with Crippen LogP contribution >= 0.6 is 0 Å². The van der Waals surface area contributed by atoms with Gasteiger partial charge in [0.1, 0.15) is 0 Å². The van der Waals surface area contributed by atoms with Gasteiger partial charge in [-0.3, -0.25) is 4.90 Å². The van der Waals surface area contributed by atoms with Gasteiger partial charge >= 0.3 is 0 Å². The van der Waals surface area contributed by atoms with Crippen LogP contribution in [0.1, 0.15) is 52.5 Å². The molecule has 0 aliphatic heterocycles. The third-order valence-electron chi connectivity index (χ3n) is 5.01. The molecule has 118 valence electrons. The number of anilines is 1. The summed E-state index contributed by atoms with van der Waals surface area (Å²) in [6, 6.07) is 9.64. The highest BCUT2D eigenvalue weighted by Crippen LogP contribution is 2.30. The molecule has 3 atom stereocenters. The van der Waals surface area contributed by atoms with Gasteiger partial charge in [-0.25, -0.2) is 0 Å². The van der Waals surface area contributed by atoms with E-state index in [9.17, 15) is 0 Å². The molecule has 1 aromatic rings. The van der Waals surface area contributed by atoms with Gasteiger partial charge in [-0.05, 0) is 61.9 Å². The normalized spacial score (nSPS) is 26.0. The highest BCUT2D eigenvalue weighted by atomic mass is 15.1. The second-order valence-electron chi connectivity index (χ2n) is 6.81. The molecule has 0 heterocycles. The molecule has 0 amide bonds. The summed E-state index contributed by atoms with van der Waals surface area (Å²) in [6.07, 6.45) is 4.03. The number of hydrogen-bond donors (Lipinski definition) is 1. The molecule has 0 aromatic heterocycles. The Balaban J connectivity index is 1.97. The Hall–Kier alpha value is -1.02. The number of nitrogens with zero attached hydrogens (tertiary/aromatic N) is 1. The molecule has 0 saturated heterocycles. The molecular formula is C19H32N2. The van der Waals surface area contributed by atoms with Crippen LogP contribution in [0.15, 0.2) is 24.3 Å². The molecule has 3 unspecified atom stereocenters. The molecule has 21 heavy (non-hydrogen) atoms. The third kappa shape index (κ3) is 4.74. The Morgan fingerprint density at radius 1 is 1.14 bits per heavy atom. The van der Waals surface area contributed by atoms with E-state index < -0.39 is 0 Å². The third-order valence-corrected chi connectivity index (χ3v) is 5.01. The molecule has 0 radical (unpaired) electrons. The molecule has 1 N–H and O–H groups in total. The zero-order valence-corrected chi connectivity index (χ0v) is 14.2. The smallest absolute Gasteiger partial charge is 0.0345 e. The monoisotopic (exact) mass is 288 g/mol. The van der Waals surface area contributed by atoms with Gasteiger partial charge in [0.25, 0.3) is 0 Å². The maximum atomic E-state index is 3.78. The number of benzene rings is 1.